The van der Waals surface area contributed by atoms with Gasteiger partial charge in [-0.2, -0.15) is 0 Å². The summed E-state index contributed by atoms with van der Waals surface area (Å²) >= 11 is 0. The first-order valence-electron chi connectivity index (χ1n) is 3.73. The highest BCUT2D eigenvalue weighted by atomic mass is 16.5. The smallest absolute Gasteiger partial charge is 0.388 e. The van der Waals surface area contributed by atoms with Crippen LogP contribution < -0.4 is 0 Å². The minimum absolute atomic E-state index is 0.376. The lowest BCUT2D eigenvalue weighted by atomic mass is 10.1. The SMILES string of the molecule is COC(=O)c1ccc(C)c([N+]#N)c1. The van der Waals surface area contributed by atoms with E-state index < -0.39 is 5.97 Å². The van der Waals surface area contributed by atoms with Crippen molar-refractivity contribution in [3.8, 4) is 0 Å². The topological polar surface area (TPSA) is 54.5 Å². The van der Waals surface area contributed by atoms with Crippen molar-refractivity contribution >= 4 is 11.7 Å². The Labute approximate surface area is 75.8 Å². The summed E-state index contributed by atoms with van der Waals surface area (Å²) < 4.78 is 4.51. The predicted octanol–water partition coefficient (Wildman–Crippen LogP) is 2.27. The number of ether oxygens (including phenoxy) is 1. The molecule has 0 unspecified atom stereocenters. The van der Waals surface area contributed by atoms with Gasteiger partial charge in [-0.15, -0.1) is 0 Å². The Balaban J connectivity index is 3.15. The molecule has 0 heterocycles. The Morgan fingerprint density at radius 3 is 2.77 bits per heavy atom. The summed E-state index contributed by atoms with van der Waals surface area (Å²) in [6, 6.07) is 4.79. The van der Waals surface area contributed by atoms with Gasteiger partial charge in [-0.1, -0.05) is 6.07 Å². The highest BCUT2D eigenvalue weighted by Crippen LogP contribution is 2.20. The number of carbonyl (C=O) groups excluding carboxylic acids is 1. The second kappa shape index (κ2) is 3.68. The van der Waals surface area contributed by atoms with Gasteiger partial charge in [-0.25, -0.2) is 4.79 Å². The van der Waals surface area contributed by atoms with Crippen LogP contribution in [-0.4, -0.2) is 13.1 Å². The fourth-order valence-corrected chi connectivity index (χ4v) is 0.962. The zero-order valence-corrected chi connectivity index (χ0v) is 7.44. The molecule has 0 aliphatic carbocycles. The molecule has 4 heteroatoms. The molecule has 4 nitrogen and oxygen atoms in total. The van der Waals surface area contributed by atoms with E-state index >= 15 is 0 Å². The molecule has 13 heavy (non-hydrogen) atoms. The Morgan fingerprint density at radius 2 is 2.23 bits per heavy atom. The van der Waals surface area contributed by atoms with Crippen molar-refractivity contribution in [3.05, 3.63) is 34.3 Å². The summed E-state index contributed by atoms with van der Waals surface area (Å²) in [7, 11) is 1.30. The van der Waals surface area contributed by atoms with Gasteiger partial charge in [0.15, 0.2) is 4.98 Å². The molecular weight excluding hydrogens is 168 g/mol. The molecule has 0 saturated carbocycles. The Morgan fingerprint density at radius 1 is 1.54 bits per heavy atom. The summed E-state index contributed by atoms with van der Waals surface area (Å²) in [5.74, 6) is -0.440. The molecule has 0 saturated heterocycles. The molecule has 1 rings (SSSR count). The number of esters is 1. The summed E-state index contributed by atoms with van der Waals surface area (Å²) in [6.45, 7) is 1.79. The van der Waals surface area contributed by atoms with Crippen molar-refractivity contribution in [1.29, 1.82) is 5.39 Å². The van der Waals surface area contributed by atoms with Crippen LogP contribution in [0.5, 0.6) is 0 Å². The molecule has 0 aliphatic rings. The molecule has 0 N–H and O–H groups in total. The molecule has 66 valence electrons. The minimum Gasteiger partial charge on any atom is -0.465 e. The van der Waals surface area contributed by atoms with Crippen molar-refractivity contribution in [2.75, 3.05) is 7.11 Å². The van der Waals surface area contributed by atoms with E-state index in [1.54, 1.807) is 19.1 Å². The number of methoxy groups -OCH3 is 1. The number of aryl methyl sites for hydroxylation is 1. The maximum absolute atomic E-state index is 11.0. The average Bonchev–Trinajstić information content (AvgIpc) is 2.17. The number of rotatable bonds is 1. The average molecular weight is 177 g/mol. The maximum atomic E-state index is 11.0. The fourth-order valence-electron chi connectivity index (χ4n) is 0.962. The number of carbonyl (C=O) groups is 1. The third kappa shape index (κ3) is 1.82. The van der Waals surface area contributed by atoms with Crippen molar-refractivity contribution in [1.82, 2.24) is 0 Å². The van der Waals surface area contributed by atoms with Crippen LogP contribution in [0.2, 0.25) is 0 Å². The minimum atomic E-state index is -0.440. The summed E-state index contributed by atoms with van der Waals surface area (Å²) in [4.78, 5) is 14.1. The van der Waals surface area contributed by atoms with Crippen LogP contribution in [0.15, 0.2) is 18.2 Å². The van der Waals surface area contributed by atoms with Crippen molar-refractivity contribution in [3.63, 3.8) is 0 Å². The van der Waals surface area contributed by atoms with Gasteiger partial charge in [0.1, 0.15) is 0 Å². The van der Waals surface area contributed by atoms with E-state index in [1.807, 2.05) is 0 Å². The molecule has 0 atom stereocenters. The normalized spacial score (nSPS) is 9.00. The third-order valence-corrected chi connectivity index (χ3v) is 1.74. The first-order valence-corrected chi connectivity index (χ1v) is 3.73. The lowest BCUT2D eigenvalue weighted by Gasteiger charge is -1.96. The Hall–Kier alpha value is -1.89. The van der Waals surface area contributed by atoms with E-state index in [1.165, 1.54) is 13.2 Å². The second-order valence-corrected chi connectivity index (χ2v) is 2.59. The highest BCUT2D eigenvalue weighted by molar-refractivity contribution is 5.90. The number of nitrogens with zero attached hydrogens (tertiary/aromatic N) is 2. The molecule has 0 radical (unpaired) electrons. The lowest BCUT2D eigenvalue weighted by Crippen LogP contribution is -2.00. The molecule has 0 bridgehead atoms. The van der Waals surface area contributed by atoms with E-state index in [9.17, 15) is 4.79 Å². The lowest BCUT2D eigenvalue weighted by molar-refractivity contribution is 0.0601. The number of diazo groups is 1. The van der Waals surface area contributed by atoms with Crippen molar-refractivity contribution in [2.24, 2.45) is 0 Å². The molecule has 0 aliphatic heterocycles. The highest BCUT2D eigenvalue weighted by Gasteiger charge is 2.14. The zero-order chi connectivity index (χ0) is 9.84. The van der Waals surface area contributed by atoms with Gasteiger partial charge in [0.05, 0.1) is 12.7 Å². The number of hydrogen-bond acceptors (Lipinski definition) is 3. The van der Waals surface area contributed by atoms with Gasteiger partial charge < -0.3 is 4.74 Å². The summed E-state index contributed by atoms with van der Waals surface area (Å²) in [6.07, 6.45) is 0. The van der Waals surface area contributed by atoms with E-state index in [0.717, 1.165) is 5.56 Å². The van der Waals surface area contributed by atoms with Gasteiger partial charge in [-0.05, 0) is 13.0 Å². The largest absolute Gasteiger partial charge is 0.465 e. The Bertz CT molecular complexity index is 380. The molecular formula is C9H9N2O2+. The third-order valence-electron chi connectivity index (χ3n) is 1.74. The van der Waals surface area contributed by atoms with Crippen molar-refractivity contribution in [2.45, 2.75) is 6.92 Å². The van der Waals surface area contributed by atoms with Gasteiger partial charge in [0.2, 0.25) is 5.39 Å². The molecule has 1 aromatic rings. The van der Waals surface area contributed by atoms with Crippen LogP contribution in [0, 0.1) is 12.3 Å². The van der Waals surface area contributed by atoms with Crippen LogP contribution >= 0.6 is 0 Å². The van der Waals surface area contributed by atoms with Gasteiger partial charge in [0.25, 0.3) is 0 Å². The van der Waals surface area contributed by atoms with Gasteiger partial charge >= 0.3 is 11.7 Å². The van der Waals surface area contributed by atoms with Crippen LogP contribution in [0.4, 0.5) is 5.69 Å². The van der Waals surface area contributed by atoms with Gasteiger partial charge in [-0.3, -0.25) is 0 Å². The standard InChI is InChI=1S/C9H9N2O2/c1-6-3-4-7(9(12)13-2)5-8(6)11-10/h3-5H,1-2H3/q+1. The van der Waals surface area contributed by atoms with E-state index in [2.05, 4.69) is 9.71 Å². The number of benzene rings is 1. The molecule has 0 fully saturated rings. The van der Waals surface area contributed by atoms with Crippen LogP contribution in [-0.2, 0) is 4.74 Å². The Kier molecular flexibility index (Phi) is 2.60. The van der Waals surface area contributed by atoms with Crippen LogP contribution in [0.1, 0.15) is 15.9 Å². The molecule has 0 amide bonds. The molecule has 0 spiro atoms. The second-order valence-electron chi connectivity index (χ2n) is 2.59. The first-order chi connectivity index (χ1) is 6.19. The first kappa shape index (κ1) is 9.20. The quantitative estimate of drug-likeness (QED) is 0.488. The zero-order valence-electron chi connectivity index (χ0n) is 7.44. The summed E-state index contributed by atoms with van der Waals surface area (Å²) in [5, 5.41) is 8.57. The van der Waals surface area contributed by atoms with E-state index in [4.69, 9.17) is 5.39 Å². The summed E-state index contributed by atoms with van der Waals surface area (Å²) in [5.41, 5.74) is 1.55. The maximum Gasteiger partial charge on any atom is 0.388 e. The van der Waals surface area contributed by atoms with Gasteiger partial charge in [0, 0.05) is 11.6 Å². The molecule has 1 aromatic carbocycles. The van der Waals surface area contributed by atoms with Crippen LogP contribution in [0.25, 0.3) is 4.98 Å². The number of hydrogen-bond donors (Lipinski definition) is 0. The fraction of sp³-hybridized carbons (Fsp3) is 0.222. The van der Waals surface area contributed by atoms with Crippen LogP contribution in [0.3, 0.4) is 0 Å². The predicted molar refractivity (Wildman–Crippen MR) is 47.3 cm³/mol. The van der Waals surface area contributed by atoms with E-state index in [-0.39, 0.29) is 0 Å². The molecule has 0 aromatic heterocycles. The van der Waals surface area contributed by atoms with Crippen molar-refractivity contribution < 1.29 is 9.53 Å². The van der Waals surface area contributed by atoms with E-state index in [0.29, 0.717) is 11.3 Å². The monoisotopic (exact) mass is 177 g/mol.